The first-order valence-corrected chi connectivity index (χ1v) is 8.93. The van der Waals surface area contributed by atoms with Gasteiger partial charge in [0.25, 0.3) is 5.91 Å². The van der Waals surface area contributed by atoms with E-state index in [1.807, 2.05) is 31.2 Å². The molecule has 1 aliphatic rings. The van der Waals surface area contributed by atoms with Crippen molar-refractivity contribution in [1.82, 2.24) is 10.6 Å². The first-order chi connectivity index (χ1) is 13.0. The fraction of sp³-hybridized carbons (Fsp3) is 0.200. The minimum absolute atomic E-state index is 0.304. The molecule has 1 heterocycles. The number of carbonyl (C=O) groups excluding carboxylic acids is 2. The van der Waals surface area contributed by atoms with Crippen molar-refractivity contribution in [3.05, 3.63) is 70.4 Å². The van der Waals surface area contributed by atoms with E-state index in [9.17, 15) is 9.59 Å². The van der Waals surface area contributed by atoms with Crippen LogP contribution in [-0.4, -0.2) is 18.5 Å². The lowest BCUT2D eigenvalue weighted by molar-refractivity contribution is -0.113. The molecule has 3 amide bonds. The minimum Gasteiger partial charge on any atom is -0.494 e. The molecule has 3 N–H and O–H groups in total. The van der Waals surface area contributed by atoms with Gasteiger partial charge in [-0.2, -0.15) is 0 Å². The molecule has 27 heavy (non-hydrogen) atoms. The molecule has 0 aliphatic carbocycles. The van der Waals surface area contributed by atoms with Gasteiger partial charge in [-0.25, -0.2) is 4.79 Å². The third-order valence-electron chi connectivity index (χ3n) is 4.14. The zero-order valence-corrected chi connectivity index (χ0v) is 15.8. The summed E-state index contributed by atoms with van der Waals surface area (Å²) in [4.78, 5) is 24.9. The van der Waals surface area contributed by atoms with Crippen molar-refractivity contribution < 1.29 is 14.3 Å². The highest BCUT2D eigenvalue weighted by Crippen LogP contribution is 2.29. The fourth-order valence-electron chi connectivity index (χ4n) is 2.90. The van der Waals surface area contributed by atoms with E-state index in [1.165, 1.54) is 0 Å². The summed E-state index contributed by atoms with van der Waals surface area (Å²) < 4.78 is 5.45. The maximum atomic E-state index is 12.9. The van der Waals surface area contributed by atoms with Crippen molar-refractivity contribution in [2.45, 2.75) is 19.9 Å². The van der Waals surface area contributed by atoms with E-state index in [-0.39, 0.29) is 11.9 Å². The SMILES string of the molecule is CCOc1ccc([C@H]2NC(=O)NC(C)=C2C(=O)Nc2ccc(Cl)cc2)cc1. The summed E-state index contributed by atoms with van der Waals surface area (Å²) in [6.45, 7) is 4.18. The summed E-state index contributed by atoms with van der Waals surface area (Å²) in [6, 6.07) is 13.2. The Morgan fingerprint density at radius 1 is 1.15 bits per heavy atom. The molecule has 3 rings (SSSR count). The van der Waals surface area contributed by atoms with Gasteiger partial charge < -0.3 is 20.7 Å². The lowest BCUT2D eigenvalue weighted by Gasteiger charge is -2.28. The molecule has 0 bridgehead atoms. The minimum atomic E-state index is -0.568. The normalized spacial score (nSPS) is 16.4. The van der Waals surface area contributed by atoms with Gasteiger partial charge in [0.1, 0.15) is 5.75 Å². The largest absolute Gasteiger partial charge is 0.494 e. The summed E-state index contributed by atoms with van der Waals surface area (Å²) in [6.07, 6.45) is 0. The molecule has 0 unspecified atom stereocenters. The Morgan fingerprint density at radius 3 is 2.44 bits per heavy atom. The van der Waals surface area contributed by atoms with E-state index in [1.54, 1.807) is 31.2 Å². The van der Waals surface area contributed by atoms with E-state index in [2.05, 4.69) is 16.0 Å². The van der Waals surface area contributed by atoms with Crippen molar-refractivity contribution in [3.63, 3.8) is 0 Å². The van der Waals surface area contributed by atoms with Crippen LogP contribution in [0.25, 0.3) is 0 Å². The van der Waals surface area contributed by atoms with E-state index < -0.39 is 6.04 Å². The zero-order chi connectivity index (χ0) is 19.4. The standard InChI is InChI=1S/C20H20ClN3O3/c1-3-27-16-10-4-13(5-11-16)18-17(12(2)22-20(26)24-18)19(25)23-15-8-6-14(21)7-9-15/h4-11,18H,3H2,1-2H3,(H,23,25)(H2,22,24,26)/t18-/m1/s1. The Hall–Kier alpha value is -2.99. The smallest absolute Gasteiger partial charge is 0.319 e. The van der Waals surface area contributed by atoms with Crippen molar-refractivity contribution >= 4 is 29.2 Å². The first-order valence-electron chi connectivity index (χ1n) is 8.56. The Kier molecular flexibility index (Phi) is 5.66. The van der Waals surface area contributed by atoms with Crippen LogP contribution in [0.2, 0.25) is 5.02 Å². The van der Waals surface area contributed by atoms with Gasteiger partial charge >= 0.3 is 6.03 Å². The van der Waals surface area contributed by atoms with Crippen LogP contribution in [0.4, 0.5) is 10.5 Å². The number of halogens is 1. The third kappa shape index (κ3) is 4.41. The summed E-state index contributed by atoms with van der Waals surface area (Å²) in [7, 11) is 0. The van der Waals surface area contributed by atoms with Crippen molar-refractivity contribution in [3.8, 4) is 5.75 Å². The number of carbonyl (C=O) groups is 2. The van der Waals surface area contributed by atoms with E-state index in [0.717, 1.165) is 11.3 Å². The number of ether oxygens (including phenoxy) is 1. The molecule has 0 aromatic heterocycles. The third-order valence-corrected chi connectivity index (χ3v) is 4.39. The molecular weight excluding hydrogens is 366 g/mol. The fourth-order valence-corrected chi connectivity index (χ4v) is 3.03. The maximum Gasteiger partial charge on any atom is 0.319 e. The molecular formula is C20H20ClN3O3. The molecule has 1 aliphatic heterocycles. The van der Waals surface area contributed by atoms with Gasteiger partial charge in [0.2, 0.25) is 0 Å². The van der Waals surface area contributed by atoms with Crippen LogP contribution < -0.4 is 20.7 Å². The number of hydrogen-bond acceptors (Lipinski definition) is 3. The molecule has 7 heteroatoms. The maximum absolute atomic E-state index is 12.9. The van der Waals surface area contributed by atoms with Crippen molar-refractivity contribution in [2.75, 3.05) is 11.9 Å². The highest BCUT2D eigenvalue weighted by atomic mass is 35.5. The molecule has 0 saturated heterocycles. The molecule has 2 aromatic rings. The van der Waals surface area contributed by atoms with Gasteiger partial charge in [0.15, 0.2) is 0 Å². The summed E-state index contributed by atoms with van der Waals surface area (Å²) in [5.74, 6) is 0.426. The van der Waals surface area contributed by atoms with Crippen LogP contribution in [-0.2, 0) is 4.79 Å². The van der Waals surface area contributed by atoms with Crippen LogP contribution in [0.5, 0.6) is 5.75 Å². The predicted octanol–water partition coefficient (Wildman–Crippen LogP) is 4.01. The van der Waals surface area contributed by atoms with E-state index in [4.69, 9.17) is 16.3 Å². The Bertz CT molecular complexity index is 876. The second-order valence-corrected chi connectivity index (χ2v) is 6.47. The van der Waals surface area contributed by atoms with Gasteiger partial charge in [-0.3, -0.25) is 4.79 Å². The van der Waals surface area contributed by atoms with E-state index in [0.29, 0.717) is 28.6 Å². The Labute approximate surface area is 162 Å². The van der Waals surface area contributed by atoms with Crippen LogP contribution in [0, 0.1) is 0 Å². The number of benzene rings is 2. The van der Waals surface area contributed by atoms with Gasteiger partial charge in [-0.05, 0) is 55.8 Å². The lowest BCUT2D eigenvalue weighted by Crippen LogP contribution is -2.45. The number of amides is 3. The van der Waals surface area contributed by atoms with Crippen LogP contribution in [0.1, 0.15) is 25.5 Å². The summed E-state index contributed by atoms with van der Waals surface area (Å²) in [5.41, 5.74) is 2.35. The molecule has 0 fully saturated rings. The molecule has 140 valence electrons. The lowest BCUT2D eigenvalue weighted by atomic mass is 9.94. The molecule has 2 aromatic carbocycles. The zero-order valence-electron chi connectivity index (χ0n) is 15.0. The highest BCUT2D eigenvalue weighted by Gasteiger charge is 2.31. The highest BCUT2D eigenvalue weighted by molar-refractivity contribution is 6.30. The summed E-state index contributed by atoms with van der Waals surface area (Å²) >= 11 is 5.88. The quantitative estimate of drug-likeness (QED) is 0.727. The average molecular weight is 386 g/mol. The first kappa shape index (κ1) is 18.8. The molecule has 0 spiro atoms. The molecule has 0 saturated carbocycles. The number of anilines is 1. The molecule has 6 nitrogen and oxygen atoms in total. The second kappa shape index (κ2) is 8.14. The average Bonchev–Trinajstić information content (AvgIpc) is 2.64. The predicted molar refractivity (Wildman–Crippen MR) is 105 cm³/mol. The number of urea groups is 1. The summed E-state index contributed by atoms with van der Waals surface area (Å²) in [5, 5.41) is 8.90. The topological polar surface area (TPSA) is 79.5 Å². The van der Waals surface area contributed by atoms with Crippen molar-refractivity contribution in [1.29, 1.82) is 0 Å². The number of hydrogen-bond donors (Lipinski definition) is 3. The van der Waals surface area contributed by atoms with Gasteiger partial charge in [-0.1, -0.05) is 23.7 Å². The molecule has 0 radical (unpaired) electrons. The molecule has 1 atom stereocenters. The monoisotopic (exact) mass is 385 g/mol. The van der Waals surface area contributed by atoms with Crippen LogP contribution in [0.15, 0.2) is 59.8 Å². The van der Waals surface area contributed by atoms with Crippen LogP contribution in [0.3, 0.4) is 0 Å². The van der Waals surface area contributed by atoms with Crippen molar-refractivity contribution in [2.24, 2.45) is 0 Å². The van der Waals surface area contributed by atoms with Gasteiger partial charge in [0, 0.05) is 16.4 Å². The number of rotatable bonds is 5. The Balaban J connectivity index is 1.89. The number of allylic oxidation sites excluding steroid dienone is 1. The van der Waals surface area contributed by atoms with E-state index >= 15 is 0 Å². The van der Waals surface area contributed by atoms with Gasteiger partial charge in [-0.15, -0.1) is 0 Å². The number of nitrogens with one attached hydrogen (secondary N) is 3. The van der Waals surface area contributed by atoms with Crippen LogP contribution >= 0.6 is 11.6 Å². The Morgan fingerprint density at radius 2 is 1.81 bits per heavy atom. The second-order valence-electron chi connectivity index (χ2n) is 6.03. The van der Waals surface area contributed by atoms with Gasteiger partial charge in [0.05, 0.1) is 18.2 Å².